The summed E-state index contributed by atoms with van der Waals surface area (Å²) < 4.78 is 17.2. The molecule has 0 aromatic heterocycles. The number of methoxy groups -OCH3 is 1. The van der Waals surface area contributed by atoms with Crippen LogP contribution in [0.2, 0.25) is 0 Å². The number of hydrogen-bond donors (Lipinski definition) is 1. The van der Waals surface area contributed by atoms with Gasteiger partial charge in [-0.25, -0.2) is 0 Å². The van der Waals surface area contributed by atoms with Gasteiger partial charge in [0, 0.05) is 5.92 Å². The van der Waals surface area contributed by atoms with Gasteiger partial charge in [0.25, 0.3) is 5.91 Å². The van der Waals surface area contributed by atoms with Crippen molar-refractivity contribution in [1.29, 1.82) is 5.41 Å². The number of nitrogens with zero attached hydrogens (tertiary/aromatic N) is 3. The summed E-state index contributed by atoms with van der Waals surface area (Å²) in [6.45, 7) is 11.3. The molecule has 1 N–H and O–H groups in total. The Hall–Kier alpha value is -3.59. The first-order chi connectivity index (χ1) is 17.6. The zero-order valence-electron chi connectivity index (χ0n) is 22.0. The van der Waals surface area contributed by atoms with Crippen LogP contribution in [-0.4, -0.2) is 47.3 Å². The van der Waals surface area contributed by atoms with Gasteiger partial charge in [0.1, 0.15) is 24.0 Å². The van der Waals surface area contributed by atoms with E-state index < -0.39 is 5.91 Å². The Morgan fingerprint density at radius 2 is 1.76 bits per heavy atom. The normalized spacial score (nSPS) is 16.6. The molecule has 2 heterocycles. The van der Waals surface area contributed by atoms with Crippen molar-refractivity contribution in [3.8, 4) is 17.2 Å². The molecule has 0 aliphatic carbocycles. The van der Waals surface area contributed by atoms with Crippen molar-refractivity contribution in [2.75, 3.05) is 20.3 Å². The number of ether oxygens (including phenoxy) is 3. The number of thioether (sulfide) groups is 1. The molecule has 2 aliphatic rings. The predicted octanol–water partition coefficient (Wildman–Crippen LogP) is 5.73. The van der Waals surface area contributed by atoms with Gasteiger partial charge in [0.15, 0.2) is 17.3 Å². The van der Waals surface area contributed by atoms with Gasteiger partial charge >= 0.3 is 0 Å². The highest BCUT2D eigenvalue weighted by molar-refractivity contribution is 8.27. The van der Waals surface area contributed by atoms with E-state index in [4.69, 9.17) is 19.6 Å². The Balaban J connectivity index is 1.40. The number of hydrazone groups is 1. The van der Waals surface area contributed by atoms with Gasteiger partial charge in [-0.3, -0.25) is 10.2 Å². The van der Waals surface area contributed by atoms with Gasteiger partial charge in [0.05, 0.1) is 12.7 Å². The minimum atomic E-state index is -0.462. The molecule has 8 nitrogen and oxygen atoms in total. The zero-order valence-corrected chi connectivity index (χ0v) is 22.8. The molecular formula is C28H32N4O4S. The number of amides is 1. The minimum Gasteiger partial charge on any atom is -0.493 e. The lowest BCUT2D eigenvalue weighted by Gasteiger charge is -2.20. The predicted molar refractivity (Wildman–Crippen MR) is 149 cm³/mol. The summed E-state index contributed by atoms with van der Waals surface area (Å²) in [4.78, 5) is 16.8. The molecule has 2 aromatic carbocycles. The van der Waals surface area contributed by atoms with E-state index in [1.54, 1.807) is 31.4 Å². The molecule has 2 aromatic rings. The van der Waals surface area contributed by atoms with Gasteiger partial charge < -0.3 is 14.2 Å². The fraction of sp³-hybridized carbons (Fsp3) is 0.357. The van der Waals surface area contributed by atoms with E-state index in [-0.39, 0.29) is 22.7 Å². The highest BCUT2D eigenvalue weighted by Crippen LogP contribution is 2.33. The van der Waals surface area contributed by atoms with Crippen molar-refractivity contribution in [3.63, 3.8) is 0 Å². The second-order valence-corrected chi connectivity index (χ2v) is 11.0. The second kappa shape index (κ2) is 10.8. The molecule has 9 heteroatoms. The molecule has 1 amide bonds. The smallest absolute Gasteiger partial charge is 0.283 e. The number of carbonyl (C=O) groups is 1. The van der Waals surface area contributed by atoms with Crippen molar-refractivity contribution in [2.24, 2.45) is 16.0 Å². The van der Waals surface area contributed by atoms with Crippen LogP contribution < -0.4 is 14.2 Å². The Morgan fingerprint density at radius 3 is 2.41 bits per heavy atom. The van der Waals surface area contributed by atoms with E-state index in [1.807, 2.05) is 26.0 Å². The summed E-state index contributed by atoms with van der Waals surface area (Å²) in [5.41, 5.74) is 2.20. The maximum absolute atomic E-state index is 12.7. The van der Waals surface area contributed by atoms with Crippen LogP contribution in [0.15, 0.2) is 58.1 Å². The molecule has 0 bridgehead atoms. The molecule has 0 saturated carbocycles. The molecule has 0 fully saturated rings. The van der Waals surface area contributed by atoms with Gasteiger partial charge in [-0.2, -0.15) is 15.1 Å². The van der Waals surface area contributed by atoms with Crippen LogP contribution >= 0.6 is 11.8 Å². The van der Waals surface area contributed by atoms with Crippen LogP contribution in [0.5, 0.6) is 17.2 Å². The van der Waals surface area contributed by atoms with Crippen molar-refractivity contribution in [1.82, 2.24) is 5.01 Å². The van der Waals surface area contributed by atoms with Crippen LogP contribution in [0, 0.1) is 11.3 Å². The molecule has 0 unspecified atom stereocenters. The Labute approximate surface area is 221 Å². The molecule has 0 spiro atoms. The average molecular weight is 521 g/mol. The van der Waals surface area contributed by atoms with E-state index in [9.17, 15) is 4.79 Å². The summed E-state index contributed by atoms with van der Waals surface area (Å²) in [5, 5.41) is 15.6. The summed E-state index contributed by atoms with van der Waals surface area (Å²) in [6, 6.07) is 13.4. The molecule has 4 rings (SSSR count). The topological polar surface area (TPSA) is 96.6 Å². The maximum Gasteiger partial charge on any atom is 0.283 e. The van der Waals surface area contributed by atoms with Crippen LogP contribution in [-0.2, 0) is 10.2 Å². The number of benzene rings is 2. The van der Waals surface area contributed by atoms with Gasteiger partial charge in [-0.1, -0.05) is 52.8 Å². The highest BCUT2D eigenvalue weighted by Gasteiger charge is 2.36. The average Bonchev–Trinajstić information content (AvgIpc) is 3.29. The first kappa shape index (κ1) is 26.5. The van der Waals surface area contributed by atoms with E-state index >= 15 is 0 Å². The Morgan fingerprint density at radius 1 is 1.05 bits per heavy atom. The molecule has 194 valence electrons. The number of hydrogen-bond acceptors (Lipinski definition) is 7. The lowest BCUT2D eigenvalue weighted by Crippen LogP contribution is -2.35. The standard InChI is InChI=1S/C28H32N4O4S/c1-17(2)26-31-32-24(29)21(25(33)30-27(32)37-26)15-18-7-12-22(23(16-18)34-6)36-14-13-35-20-10-8-19(9-11-20)28(3,4)5/h7-12,15-17,29H,13-14H2,1-6H3. The van der Waals surface area contributed by atoms with E-state index in [0.717, 1.165) is 10.8 Å². The second-order valence-electron chi connectivity index (χ2n) is 9.99. The molecule has 37 heavy (non-hydrogen) atoms. The third-order valence-corrected chi connectivity index (χ3v) is 7.00. The van der Waals surface area contributed by atoms with Gasteiger partial charge in [-0.15, -0.1) is 0 Å². The zero-order chi connectivity index (χ0) is 26.7. The largest absolute Gasteiger partial charge is 0.493 e. The van der Waals surface area contributed by atoms with Gasteiger partial charge in [-0.05, 0) is 58.6 Å². The van der Waals surface area contributed by atoms with Crippen molar-refractivity contribution < 1.29 is 19.0 Å². The summed E-state index contributed by atoms with van der Waals surface area (Å²) >= 11 is 1.33. The quantitative estimate of drug-likeness (QED) is 0.353. The van der Waals surface area contributed by atoms with E-state index in [1.165, 1.54) is 22.3 Å². The SMILES string of the molecule is COc1cc(C=C2C(=N)N3N=C(C(C)C)SC3=NC2=O)ccc1OCCOc1ccc(C(C)(C)C)cc1. The fourth-order valence-electron chi connectivity index (χ4n) is 3.66. The number of nitrogens with one attached hydrogen (secondary N) is 1. The van der Waals surface area contributed by atoms with Crippen LogP contribution in [0.1, 0.15) is 45.7 Å². The van der Waals surface area contributed by atoms with Crippen LogP contribution in [0.3, 0.4) is 0 Å². The van der Waals surface area contributed by atoms with E-state index in [2.05, 4.69) is 43.0 Å². The molecule has 0 atom stereocenters. The molecule has 0 radical (unpaired) electrons. The number of aliphatic imine (C=N–C) groups is 1. The highest BCUT2D eigenvalue weighted by atomic mass is 32.2. The first-order valence-corrected chi connectivity index (χ1v) is 12.9. The minimum absolute atomic E-state index is 0.00475. The third-order valence-electron chi connectivity index (χ3n) is 5.79. The monoisotopic (exact) mass is 520 g/mol. The van der Waals surface area contributed by atoms with Crippen LogP contribution in [0.4, 0.5) is 0 Å². The first-order valence-electron chi connectivity index (χ1n) is 12.1. The molecular weight excluding hydrogens is 488 g/mol. The van der Waals surface area contributed by atoms with Crippen molar-refractivity contribution >= 4 is 39.8 Å². The summed E-state index contributed by atoms with van der Waals surface area (Å²) in [7, 11) is 1.56. The van der Waals surface area contributed by atoms with Crippen molar-refractivity contribution in [2.45, 2.75) is 40.0 Å². The summed E-state index contributed by atoms with van der Waals surface area (Å²) in [6.07, 6.45) is 1.62. The third kappa shape index (κ3) is 6.05. The Bertz CT molecular complexity index is 1290. The molecule has 0 saturated heterocycles. The van der Waals surface area contributed by atoms with Crippen LogP contribution in [0.25, 0.3) is 6.08 Å². The summed E-state index contributed by atoms with van der Waals surface area (Å²) in [5.74, 6) is 1.59. The number of rotatable bonds is 8. The molecule has 2 aliphatic heterocycles. The number of fused-ring (bicyclic) bond motifs is 1. The fourth-order valence-corrected chi connectivity index (χ4v) is 4.55. The number of carbonyl (C=O) groups excluding carboxylic acids is 1. The lowest BCUT2D eigenvalue weighted by molar-refractivity contribution is -0.114. The van der Waals surface area contributed by atoms with E-state index in [0.29, 0.717) is 35.4 Å². The Kier molecular flexibility index (Phi) is 7.73. The van der Waals surface area contributed by atoms with Gasteiger partial charge in [0.2, 0.25) is 5.17 Å². The number of amidine groups is 2. The lowest BCUT2D eigenvalue weighted by atomic mass is 9.87. The maximum atomic E-state index is 12.7. The van der Waals surface area contributed by atoms with Crippen molar-refractivity contribution in [3.05, 3.63) is 59.2 Å².